The zero-order valence-corrected chi connectivity index (χ0v) is 38.1. The van der Waals surface area contributed by atoms with Crippen molar-refractivity contribution >= 4 is 0 Å². The summed E-state index contributed by atoms with van der Waals surface area (Å²) in [5.74, 6) is 1.67. The quantitative estimate of drug-likeness (QED) is 0.219. The second kappa shape index (κ2) is 32.5. The maximum absolute atomic E-state index is 2.30. The molecule has 0 nitrogen and oxygen atoms in total. The molecule has 2 unspecified atom stereocenters. The first-order chi connectivity index (χ1) is 18.8. The Morgan fingerprint density at radius 2 is 0.609 bits per heavy atom. The summed E-state index contributed by atoms with van der Waals surface area (Å²) in [4.78, 5) is 0. The van der Waals surface area contributed by atoms with Crippen LogP contribution < -0.4 is 49.6 Å². The van der Waals surface area contributed by atoms with Crippen molar-refractivity contribution in [3.63, 3.8) is 0 Å². The van der Waals surface area contributed by atoms with Crippen LogP contribution in [-0.4, -0.2) is 0 Å². The molecule has 0 aliphatic carbocycles. The van der Waals surface area contributed by atoms with Crippen LogP contribution in [0.25, 0.3) is 0 Å². The largest absolute Gasteiger partial charge is 4.00 e. The third-order valence-electron chi connectivity index (χ3n) is 6.96. The molecule has 4 rings (SSSR count). The van der Waals surface area contributed by atoms with Gasteiger partial charge < -0.3 is 49.6 Å². The van der Waals surface area contributed by atoms with Crippen molar-refractivity contribution in [3.8, 4) is 0 Å². The van der Waals surface area contributed by atoms with Crippen LogP contribution in [0.1, 0.15) is 104 Å². The molecule has 0 aliphatic heterocycles. The average molecular weight is 865 g/mol. The van der Waals surface area contributed by atoms with E-state index in [0.717, 1.165) is 11.8 Å². The molecule has 0 bridgehead atoms. The van der Waals surface area contributed by atoms with Crippen LogP contribution in [0.3, 0.4) is 0 Å². The molecule has 2 atom stereocenters. The molecule has 0 spiro atoms. The van der Waals surface area contributed by atoms with Crippen molar-refractivity contribution in [2.24, 2.45) is 22.7 Å². The molecule has 256 valence electrons. The van der Waals surface area contributed by atoms with Crippen LogP contribution in [0.15, 0.2) is 97.1 Å². The van der Waals surface area contributed by atoms with E-state index in [2.05, 4.69) is 166 Å². The van der Waals surface area contributed by atoms with Gasteiger partial charge in [0.25, 0.3) is 0 Å². The molecule has 0 saturated carbocycles. The average Bonchev–Trinajstić information content (AvgIpc) is 3.68. The summed E-state index contributed by atoms with van der Waals surface area (Å²) < 4.78 is 0. The predicted molar refractivity (Wildman–Crippen MR) is 181 cm³/mol. The predicted octanol–water partition coefficient (Wildman–Crippen LogP) is -0.0126. The van der Waals surface area contributed by atoms with Gasteiger partial charge in [0.2, 0.25) is 0 Å². The second-order valence-electron chi connectivity index (χ2n) is 14.1. The molecule has 4 aromatic rings. The SMILES string of the molecule is CC(C)(C)C[c-]1cccc1.CC(C)(C)C[c-]1cccc1.CCC(C)C[c-]1cccc1.CCC(C)C[c-]1cccc1.[Cl-].[Cl-].[Cl-].[Cl-].[Zr+4].[Zr+4]. The first-order valence-corrected chi connectivity index (χ1v) is 15.6. The first-order valence-electron chi connectivity index (χ1n) is 15.6. The van der Waals surface area contributed by atoms with Crippen LogP contribution >= 0.6 is 0 Å². The van der Waals surface area contributed by atoms with E-state index in [0.29, 0.717) is 10.8 Å². The number of rotatable bonds is 8. The Morgan fingerprint density at radius 3 is 0.783 bits per heavy atom. The van der Waals surface area contributed by atoms with Crippen molar-refractivity contribution in [1.29, 1.82) is 0 Å². The van der Waals surface area contributed by atoms with Crippen molar-refractivity contribution < 1.29 is 102 Å². The summed E-state index contributed by atoms with van der Waals surface area (Å²) in [5, 5.41) is 0. The zero-order chi connectivity index (χ0) is 30.0. The molecule has 0 saturated heterocycles. The standard InChI is InChI=1S/4C10H15.4ClH.2Zr/c2*1-10(2,3)8-9-6-4-5-7-9;2*1-3-9(2)8-10-6-4-5-7-10;;;;;;/h2*4-7H,8H2,1-3H3;2*4-7,9H,3,8H2,1-2H3;4*1H;;/q4*-1;;;;;2*+4/p-4. The van der Waals surface area contributed by atoms with Gasteiger partial charge in [-0.3, -0.25) is 0 Å². The zero-order valence-electron chi connectivity index (χ0n) is 30.1. The van der Waals surface area contributed by atoms with E-state index < -0.39 is 0 Å². The van der Waals surface area contributed by atoms with Crippen molar-refractivity contribution in [2.45, 2.75) is 108 Å². The molecule has 0 aromatic heterocycles. The molecule has 0 heterocycles. The van der Waals surface area contributed by atoms with Gasteiger partial charge in [0.15, 0.2) is 0 Å². The molecular formula is C40H60Cl4Zr2. The van der Waals surface area contributed by atoms with Gasteiger partial charge >= 0.3 is 52.4 Å². The normalized spacial score (nSPS) is 11.0. The Bertz CT molecular complexity index is 965. The fourth-order valence-corrected chi connectivity index (χ4v) is 4.48. The van der Waals surface area contributed by atoms with Gasteiger partial charge in [-0.25, -0.2) is 48.5 Å². The molecule has 0 fully saturated rings. The van der Waals surface area contributed by atoms with Gasteiger partial charge in [-0.2, -0.15) is 70.8 Å². The number of halogens is 4. The molecular weight excluding hydrogens is 805 g/mol. The minimum atomic E-state index is 0. The molecule has 6 heteroatoms. The van der Waals surface area contributed by atoms with Crippen LogP contribution in [-0.2, 0) is 78.1 Å². The van der Waals surface area contributed by atoms with Crippen LogP contribution in [0.4, 0.5) is 0 Å². The van der Waals surface area contributed by atoms with Gasteiger partial charge in [-0.1, -0.05) is 120 Å². The minimum Gasteiger partial charge on any atom is -1.00 e. The first kappa shape index (κ1) is 58.5. The van der Waals surface area contributed by atoms with Gasteiger partial charge in [0, 0.05) is 0 Å². The van der Waals surface area contributed by atoms with E-state index in [9.17, 15) is 0 Å². The fraction of sp³-hybridized carbons (Fsp3) is 0.500. The van der Waals surface area contributed by atoms with Crippen molar-refractivity contribution in [1.82, 2.24) is 0 Å². The Hall–Kier alpha value is 0.326. The molecule has 46 heavy (non-hydrogen) atoms. The van der Waals surface area contributed by atoms with E-state index in [1.54, 1.807) is 0 Å². The van der Waals surface area contributed by atoms with Gasteiger partial charge in [0.1, 0.15) is 0 Å². The summed E-state index contributed by atoms with van der Waals surface area (Å²) >= 11 is 0. The van der Waals surface area contributed by atoms with Crippen LogP contribution in [0.5, 0.6) is 0 Å². The maximum Gasteiger partial charge on any atom is 4.00 e. The number of hydrogen-bond acceptors (Lipinski definition) is 0. The second-order valence-corrected chi connectivity index (χ2v) is 14.1. The summed E-state index contributed by atoms with van der Waals surface area (Å²) in [7, 11) is 0. The molecule has 0 N–H and O–H groups in total. The smallest absolute Gasteiger partial charge is 1.00 e. The summed E-state index contributed by atoms with van der Waals surface area (Å²) in [5.41, 5.74) is 6.71. The Morgan fingerprint density at radius 1 is 0.413 bits per heavy atom. The Balaban J connectivity index is -0.000000111. The number of hydrogen-bond donors (Lipinski definition) is 0. The minimum absolute atomic E-state index is 0. The van der Waals surface area contributed by atoms with E-state index >= 15 is 0 Å². The van der Waals surface area contributed by atoms with Gasteiger partial charge in [-0.15, -0.1) is 0 Å². The summed E-state index contributed by atoms with van der Waals surface area (Å²) in [6.07, 6.45) is 7.41. The van der Waals surface area contributed by atoms with E-state index in [1.165, 1.54) is 60.8 Å². The Labute approximate surface area is 348 Å². The summed E-state index contributed by atoms with van der Waals surface area (Å²) in [6.45, 7) is 22.7. The van der Waals surface area contributed by atoms with Crippen LogP contribution in [0, 0.1) is 22.7 Å². The molecule has 0 amide bonds. The van der Waals surface area contributed by atoms with E-state index in [-0.39, 0.29) is 102 Å². The third kappa shape index (κ3) is 32.9. The van der Waals surface area contributed by atoms with Crippen molar-refractivity contribution in [3.05, 3.63) is 119 Å². The third-order valence-corrected chi connectivity index (χ3v) is 6.96. The van der Waals surface area contributed by atoms with Crippen LogP contribution in [0.2, 0.25) is 0 Å². The molecule has 4 aromatic carbocycles. The summed E-state index contributed by atoms with van der Waals surface area (Å²) in [6, 6.07) is 34.4. The fourth-order valence-electron chi connectivity index (χ4n) is 4.48. The van der Waals surface area contributed by atoms with E-state index in [1.807, 2.05) is 0 Å². The maximum atomic E-state index is 2.30. The van der Waals surface area contributed by atoms with Gasteiger partial charge in [-0.05, 0) is 10.8 Å². The Kier molecular flexibility index (Phi) is 41.4. The van der Waals surface area contributed by atoms with Crippen molar-refractivity contribution in [2.75, 3.05) is 0 Å². The molecule has 0 aliphatic rings. The van der Waals surface area contributed by atoms with E-state index in [4.69, 9.17) is 0 Å². The monoisotopic (exact) mass is 860 g/mol. The van der Waals surface area contributed by atoms with Gasteiger partial charge in [0.05, 0.1) is 0 Å². The topological polar surface area (TPSA) is 0 Å². The molecule has 0 radical (unpaired) electrons.